The zero-order chi connectivity index (χ0) is 22.6. The molecule has 3 aromatic rings. The number of nitrogens with one attached hydrogen (secondary N) is 3. The van der Waals surface area contributed by atoms with Gasteiger partial charge in [0.1, 0.15) is 6.26 Å². The summed E-state index contributed by atoms with van der Waals surface area (Å²) >= 11 is 0. The van der Waals surface area contributed by atoms with Crippen LogP contribution in [0.4, 0.5) is 18.9 Å². The van der Waals surface area contributed by atoms with Crippen molar-refractivity contribution in [3.05, 3.63) is 77.7 Å². The predicted molar refractivity (Wildman–Crippen MR) is 100 cm³/mol. The SMILES string of the molecule is O=C(NNC(=O)c1ccon1)c1cccc(S(=O)(=O)Nc2cccc(C(F)(F)F)c2)c1. The fraction of sp³-hybridized carbons (Fsp3) is 0.0556. The number of anilines is 1. The summed E-state index contributed by atoms with van der Waals surface area (Å²) < 4.78 is 70.1. The van der Waals surface area contributed by atoms with Crippen LogP contribution in [0.25, 0.3) is 0 Å². The van der Waals surface area contributed by atoms with Gasteiger partial charge in [0.25, 0.3) is 21.8 Å². The van der Waals surface area contributed by atoms with Crippen molar-refractivity contribution < 1.29 is 35.7 Å². The van der Waals surface area contributed by atoms with Crippen molar-refractivity contribution in [1.82, 2.24) is 16.0 Å². The Morgan fingerprint density at radius 2 is 1.65 bits per heavy atom. The summed E-state index contributed by atoms with van der Waals surface area (Å²) in [6.45, 7) is 0. The molecule has 3 N–H and O–H groups in total. The first-order valence-electron chi connectivity index (χ1n) is 8.37. The van der Waals surface area contributed by atoms with Gasteiger partial charge in [-0.2, -0.15) is 13.2 Å². The molecule has 0 aliphatic rings. The monoisotopic (exact) mass is 454 g/mol. The van der Waals surface area contributed by atoms with E-state index >= 15 is 0 Å². The summed E-state index contributed by atoms with van der Waals surface area (Å²) in [6, 6.07) is 9.60. The third kappa shape index (κ3) is 5.39. The molecule has 31 heavy (non-hydrogen) atoms. The molecule has 0 saturated carbocycles. The van der Waals surface area contributed by atoms with Gasteiger partial charge in [0.2, 0.25) is 0 Å². The highest BCUT2D eigenvalue weighted by atomic mass is 32.2. The van der Waals surface area contributed by atoms with E-state index in [2.05, 4.69) is 20.5 Å². The second kappa shape index (κ2) is 8.47. The third-order valence-electron chi connectivity index (χ3n) is 3.81. The van der Waals surface area contributed by atoms with E-state index in [-0.39, 0.29) is 21.8 Å². The number of rotatable bonds is 5. The smallest absolute Gasteiger partial charge is 0.364 e. The number of hydrazine groups is 1. The molecule has 0 saturated heterocycles. The van der Waals surface area contributed by atoms with E-state index in [9.17, 15) is 31.2 Å². The summed E-state index contributed by atoms with van der Waals surface area (Å²) in [4.78, 5) is 23.6. The number of carbonyl (C=O) groups is 2. The van der Waals surface area contributed by atoms with Crippen LogP contribution in [-0.4, -0.2) is 25.4 Å². The van der Waals surface area contributed by atoms with Crippen molar-refractivity contribution in [3.8, 4) is 0 Å². The van der Waals surface area contributed by atoms with Crippen molar-refractivity contribution in [2.45, 2.75) is 11.1 Å². The molecule has 0 radical (unpaired) electrons. The van der Waals surface area contributed by atoms with Crippen LogP contribution in [0.15, 0.2) is 70.3 Å². The topological polar surface area (TPSA) is 130 Å². The highest BCUT2D eigenvalue weighted by Crippen LogP contribution is 2.31. The molecular weight excluding hydrogens is 441 g/mol. The lowest BCUT2D eigenvalue weighted by Gasteiger charge is -2.12. The van der Waals surface area contributed by atoms with Crippen LogP contribution < -0.4 is 15.6 Å². The van der Waals surface area contributed by atoms with Crippen molar-refractivity contribution in [1.29, 1.82) is 0 Å². The molecule has 9 nitrogen and oxygen atoms in total. The van der Waals surface area contributed by atoms with Crippen LogP contribution in [0.2, 0.25) is 0 Å². The quantitative estimate of drug-likeness (QED) is 0.508. The third-order valence-corrected chi connectivity index (χ3v) is 5.19. The van der Waals surface area contributed by atoms with Crippen molar-refractivity contribution >= 4 is 27.5 Å². The number of alkyl halides is 3. The van der Waals surface area contributed by atoms with Gasteiger partial charge in [0.15, 0.2) is 5.69 Å². The normalized spacial score (nSPS) is 11.6. The second-order valence-corrected chi connectivity index (χ2v) is 7.69. The molecule has 2 amide bonds. The lowest BCUT2D eigenvalue weighted by atomic mass is 10.2. The van der Waals surface area contributed by atoms with E-state index in [1.54, 1.807) is 0 Å². The largest absolute Gasteiger partial charge is 0.416 e. The highest BCUT2D eigenvalue weighted by molar-refractivity contribution is 7.92. The van der Waals surface area contributed by atoms with Crippen LogP contribution in [0, 0.1) is 0 Å². The molecule has 0 aliphatic carbocycles. The Kier molecular flexibility index (Phi) is 5.97. The van der Waals surface area contributed by atoms with Gasteiger partial charge in [0, 0.05) is 17.3 Å². The average molecular weight is 454 g/mol. The Labute approximate surface area is 173 Å². The highest BCUT2D eigenvalue weighted by Gasteiger charge is 2.30. The summed E-state index contributed by atoms with van der Waals surface area (Å²) in [5.41, 5.74) is 2.59. The first-order chi connectivity index (χ1) is 14.6. The Morgan fingerprint density at radius 1 is 0.935 bits per heavy atom. The Hall–Kier alpha value is -3.87. The maximum atomic E-state index is 12.8. The van der Waals surface area contributed by atoms with Gasteiger partial charge in [-0.15, -0.1) is 0 Å². The lowest BCUT2D eigenvalue weighted by molar-refractivity contribution is -0.137. The van der Waals surface area contributed by atoms with Crippen molar-refractivity contribution in [3.63, 3.8) is 0 Å². The van der Waals surface area contributed by atoms with E-state index in [0.29, 0.717) is 6.07 Å². The number of aromatic nitrogens is 1. The number of hydrogen-bond donors (Lipinski definition) is 3. The minimum atomic E-state index is -4.64. The van der Waals surface area contributed by atoms with E-state index in [1.165, 1.54) is 18.2 Å². The number of carbonyl (C=O) groups excluding carboxylic acids is 2. The molecule has 1 aromatic heterocycles. The average Bonchev–Trinajstić information content (AvgIpc) is 3.26. The Bertz CT molecular complexity index is 1210. The van der Waals surface area contributed by atoms with Crippen LogP contribution in [-0.2, 0) is 16.2 Å². The van der Waals surface area contributed by atoms with Crippen molar-refractivity contribution in [2.75, 3.05) is 4.72 Å². The molecular formula is C18H13F3N4O5S. The van der Waals surface area contributed by atoms with Crippen LogP contribution in [0.5, 0.6) is 0 Å². The van der Waals surface area contributed by atoms with Gasteiger partial charge in [-0.3, -0.25) is 25.2 Å². The molecule has 0 spiro atoms. The van der Waals surface area contributed by atoms with E-state index in [1.807, 2.05) is 4.72 Å². The van der Waals surface area contributed by atoms with Crippen LogP contribution in [0.3, 0.4) is 0 Å². The van der Waals surface area contributed by atoms with Crippen LogP contribution >= 0.6 is 0 Å². The molecule has 0 aliphatic heterocycles. The van der Waals surface area contributed by atoms with Gasteiger partial charge in [-0.25, -0.2) is 8.42 Å². The molecule has 0 fully saturated rings. The van der Waals surface area contributed by atoms with E-state index in [0.717, 1.165) is 36.6 Å². The zero-order valence-corrected chi connectivity index (χ0v) is 16.1. The molecule has 0 atom stereocenters. The van der Waals surface area contributed by atoms with Gasteiger partial charge in [-0.1, -0.05) is 17.3 Å². The summed E-state index contributed by atoms with van der Waals surface area (Å²) in [6.07, 6.45) is -3.49. The summed E-state index contributed by atoms with van der Waals surface area (Å²) in [5, 5.41) is 3.38. The summed E-state index contributed by atoms with van der Waals surface area (Å²) in [7, 11) is -4.31. The van der Waals surface area contributed by atoms with E-state index < -0.39 is 33.6 Å². The molecule has 0 bridgehead atoms. The molecule has 3 rings (SSSR count). The molecule has 162 valence electrons. The standard InChI is InChI=1S/C18H13F3N4O5S/c19-18(20,21)12-4-2-5-13(10-12)25-31(28,29)14-6-1-3-11(9-14)16(26)22-23-17(27)15-7-8-30-24-15/h1-10,25H,(H,22,26)(H,23,27). The fourth-order valence-corrected chi connectivity index (χ4v) is 3.45. The molecule has 0 unspecified atom stereocenters. The van der Waals surface area contributed by atoms with Gasteiger partial charge < -0.3 is 4.52 Å². The second-order valence-electron chi connectivity index (χ2n) is 6.00. The van der Waals surface area contributed by atoms with Crippen LogP contribution in [0.1, 0.15) is 26.4 Å². The molecule has 13 heteroatoms. The minimum Gasteiger partial charge on any atom is -0.364 e. The first kappa shape index (κ1) is 21.8. The zero-order valence-electron chi connectivity index (χ0n) is 15.3. The fourth-order valence-electron chi connectivity index (χ4n) is 2.36. The summed E-state index contributed by atoms with van der Waals surface area (Å²) in [5.74, 6) is -1.61. The molecule has 1 heterocycles. The van der Waals surface area contributed by atoms with E-state index in [4.69, 9.17) is 0 Å². The molecule has 2 aromatic carbocycles. The van der Waals surface area contributed by atoms with Gasteiger partial charge >= 0.3 is 6.18 Å². The maximum Gasteiger partial charge on any atom is 0.416 e. The van der Waals surface area contributed by atoms with Crippen molar-refractivity contribution in [2.24, 2.45) is 0 Å². The lowest BCUT2D eigenvalue weighted by Crippen LogP contribution is -2.41. The number of hydrogen-bond acceptors (Lipinski definition) is 6. The minimum absolute atomic E-state index is 0.0954. The number of nitrogens with zero attached hydrogens (tertiary/aromatic N) is 1. The Morgan fingerprint density at radius 3 is 2.32 bits per heavy atom. The predicted octanol–water partition coefficient (Wildman–Crippen LogP) is 2.57. The number of sulfonamides is 1. The number of amides is 2. The maximum absolute atomic E-state index is 12.8. The Balaban J connectivity index is 1.74. The first-order valence-corrected chi connectivity index (χ1v) is 9.86. The number of benzene rings is 2. The van der Waals surface area contributed by atoms with Gasteiger partial charge in [0.05, 0.1) is 10.5 Å². The van der Waals surface area contributed by atoms with Gasteiger partial charge in [-0.05, 0) is 36.4 Å². The number of halogens is 3.